The molecule has 2 amide bonds. The van der Waals surface area contributed by atoms with Crippen molar-refractivity contribution in [3.8, 4) is 11.3 Å². The Morgan fingerprint density at radius 2 is 2.03 bits per heavy atom. The second-order valence-electron chi connectivity index (χ2n) is 7.47. The number of nitrogens with zero attached hydrogens (tertiary/aromatic N) is 2. The molecule has 29 heavy (non-hydrogen) atoms. The van der Waals surface area contributed by atoms with Gasteiger partial charge >= 0.3 is 0 Å². The van der Waals surface area contributed by atoms with E-state index in [1.54, 1.807) is 45.0 Å². The van der Waals surface area contributed by atoms with Gasteiger partial charge in [0.15, 0.2) is 0 Å². The molecule has 0 bridgehead atoms. The fraction of sp³-hybridized carbons (Fsp3) is 0.368. The van der Waals surface area contributed by atoms with Gasteiger partial charge in [-0.05, 0) is 26.8 Å². The summed E-state index contributed by atoms with van der Waals surface area (Å²) in [5, 5.41) is 18.1. The van der Waals surface area contributed by atoms with Gasteiger partial charge in [-0.1, -0.05) is 35.0 Å². The highest BCUT2D eigenvalue weighted by atomic mass is 35.5. The van der Waals surface area contributed by atoms with E-state index in [1.165, 1.54) is 16.7 Å². The quantitative estimate of drug-likeness (QED) is 0.719. The van der Waals surface area contributed by atoms with E-state index in [0.717, 1.165) is 0 Å². The van der Waals surface area contributed by atoms with Crippen molar-refractivity contribution in [3.63, 3.8) is 0 Å². The largest absolute Gasteiger partial charge is 0.548 e. The molecule has 1 aromatic carbocycles. The molecule has 10 heteroatoms. The van der Waals surface area contributed by atoms with Crippen molar-refractivity contribution in [3.05, 3.63) is 40.6 Å². The van der Waals surface area contributed by atoms with E-state index in [2.05, 4.69) is 10.5 Å². The smallest absolute Gasteiger partial charge is 0.257 e. The first-order valence-electron chi connectivity index (χ1n) is 8.86. The lowest BCUT2D eigenvalue weighted by atomic mass is 9.95. The summed E-state index contributed by atoms with van der Waals surface area (Å²) in [5.41, 5.74) is 0.996. The molecule has 3 atom stereocenters. The molecule has 152 valence electrons. The van der Waals surface area contributed by atoms with E-state index >= 15 is 0 Å². The average Bonchev–Trinajstić information content (AvgIpc) is 3.15. The van der Waals surface area contributed by atoms with Gasteiger partial charge in [0.05, 0.1) is 17.0 Å². The molecule has 0 aliphatic carbocycles. The molecule has 1 N–H and O–H groups in total. The number of benzene rings is 1. The van der Waals surface area contributed by atoms with Crippen LogP contribution in [0.5, 0.6) is 0 Å². The summed E-state index contributed by atoms with van der Waals surface area (Å²) in [7, 11) is 0. The Balaban J connectivity index is 1.60. The SMILES string of the molecule is Cc1onc(-c2ccccc2Cl)c1C(=O)N[C@@H]1C(=O)N2[C@@H]1SC(C)(C)[C@@H]2C(=O)[O-]. The lowest BCUT2D eigenvalue weighted by Crippen LogP contribution is -2.71. The van der Waals surface area contributed by atoms with Crippen LogP contribution in [0.2, 0.25) is 5.02 Å². The van der Waals surface area contributed by atoms with Gasteiger partial charge in [0.25, 0.3) is 5.91 Å². The fourth-order valence-corrected chi connectivity index (χ4v) is 5.66. The number of halogens is 1. The molecule has 4 rings (SSSR count). The normalized spacial score (nSPS) is 24.8. The van der Waals surface area contributed by atoms with E-state index in [9.17, 15) is 19.5 Å². The van der Waals surface area contributed by atoms with Crippen molar-refractivity contribution in [2.75, 3.05) is 0 Å². The Kier molecular flexibility index (Phi) is 4.62. The van der Waals surface area contributed by atoms with Crippen LogP contribution in [0.25, 0.3) is 11.3 Å². The van der Waals surface area contributed by atoms with Crippen LogP contribution >= 0.6 is 23.4 Å². The molecule has 0 radical (unpaired) electrons. The standard InChI is InChI=1S/C19H18ClN3O5S/c1-8-11(12(22-28-8)9-6-4-5-7-10(9)20)15(24)21-13-16(25)23-14(18(26)27)19(2,3)29-17(13)23/h4-7,13-14,17H,1-3H3,(H,21,24)(H,26,27)/p-1/t13-,14+,17-/m1/s1. The summed E-state index contributed by atoms with van der Waals surface area (Å²) in [6.07, 6.45) is 0. The molecular formula is C19H17ClN3O5S-. The van der Waals surface area contributed by atoms with Crippen molar-refractivity contribution >= 4 is 41.1 Å². The number of β-lactam (4-membered cyclic amide) rings is 1. The van der Waals surface area contributed by atoms with Gasteiger partial charge in [0, 0.05) is 10.3 Å². The van der Waals surface area contributed by atoms with Crippen LogP contribution < -0.4 is 10.4 Å². The van der Waals surface area contributed by atoms with Crippen LogP contribution in [0.3, 0.4) is 0 Å². The van der Waals surface area contributed by atoms with E-state index < -0.39 is 40.0 Å². The molecule has 2 aliphatic rings. The van der Waals surface area contributed by atoms with Crippen LogP contribution in [0, 0.1) is 6.92 Å². The van der Waals surface area contributed by atoms with Crippen LogP contribution in [0.1, 0.15) is 30.0 Å². The van der Waals surface area contributed by atoms with Crippen LogP contribution in [0.15, 0.2) is 28.8 Å². The maximum absolute atomic E-state index is 13.0. The summed E-state index contributed by atoms with van der Waals surface area (Å²) in [6.45, 7) is 5.07. The number of carboxylic acid groups (broad SMARTS) is 1. The number of nitrogens with one attached hydrogen (secondary N) is 1. The third-order valence-corrected chi connectivity index (χ3v) is 7.07. The number of rotatable bonds is 4. The molecule has 8 nitrogen and oxygen atoms in total. The first-order valence-corrected chi connectivity index (χ1v) is 10.1. The highest BCUT2D eigenvalue weighted by Gasteiger charge is 2.62. The Labute approximate surface area is 175 Å². The molecule has 2 fully saturated rings. The van der Waals surface area contributed by atoms with Gasteiger partial charge in [-0.25, -0.2) is 0 Å². The van der Waals surface area contributed by atoms with Gasteiger partial charge in [-0.3, -0.25) is 9.59 Å². The third kappa shape index (κ3) is 3.00. The number of thioether (sulfide) groups is 1. The minimum Gasteiger partial charge on any atom is -0.548 e. The molecule has 0 unspecified atom stereocenters. The molecule has 2 saturated heterocycles. The zero-order chi connectivity index (χ0) is 21.1. The highest BCUT2D eigenvalue weighted by molar-refractivity contribution is 8.01. The second kappa shape index (κ2) is 6.77. The number of fused-ring (bicyclic) bond motifs is 1. The summed E-state index contributed by atoms with van der Waals surface area (Å²) < 4.78 is 4.47. The zero-order valence-electron chi connectivity index (χ0n) is 15.8. The Bertz CT molecular complexity index is 1040. The van der Waals surface area contributed by atoms with Crippen molar-refractivity contribution in [1.82, 2.24) is 15.4 Å². The van der Waals surface area contributed by atoms with Crippen LogP contribution in [0.4, 0.5) is 0 Å². The number of hydrogen-bond donors (Lipinski definition) is 1. The number of carbonyl (C=O) groups is 3. The number of carboxylic acids is 1. The lowest BCUT2D eigenvalue weighted by molar-refractivity contribution is -0.312. The molecular weight excluding hydrogens is 418 g/mol. The first kappa shape index (κ1) is 19.8. The summed E-state index contributed by atoms with van der Waals surface area (Å²) in [5.74, 6) is -2.01. The molecule has 2 aromatic rings. The van der Waals surface area contributed by atoms with Crippen LogP contribution in [-0.4, -0.2) is 50.0 Å². The first-order chi connectivity index (χ1) is 13.6. The van der Waals surface area contributed by atoms with Gasteiger partial charge in [-0.2, -0.15) is 0 Å². The zero-order valence-corrected chi connectivity index (χ0v) is 17.3. The predicted molar refractivity (Wildman–Crippen MR) is 104 cm³/mol. The van der Waals surface area contributed by atoms with E-state index in [0.29, 0.717) is 10.6 Å². The van der Waals surface area contributed by atoms with Crippen molar-refractivity contribution in [1.29, 1.82) is 0 Å². The van der Waals surface area contributed by atoms with E-state index in [4.69, 9.17) is 16.1 Å². The van der Waals surface area contributed by atoms with Crippen molar-refractivity contribution < 1.29 is 24.0 Å². The van der Waals surface area contributed by atoms with E-state index in [1.807, 2.05) is 0 Å². The predicted octanol–water partition coefficient (Wildman–Crippen LogP) is 1.21. The van der Waals surface area contributed by atoms with E-state index in [-0.39, 0.29) is 17.0 Å². The molecule has 3 heterocycles. The lowest BCUT2D eigenvalue weighted by Gasteiger charge is -2.45. The van der Waals surface area contributed by atoms with Gasteiger partial charge in [0.2, 0.25) is 5.91 Å². The molecule has 0 saturated carbocycles. The van der Waals surface area contributed by atoms with Crippen molar-refractivity contribution in [2.45, 2.75) is 43.0 Å². The maximum Gasteiger partial charge on any atom is 0.257 e. The Hall–Kier alpha value is -2.52. The number of aromatic nitrogens is 1. The second-order valence-corrected chi connectivity index (χ2v) is 9.65. The fourth-order valence-electron chi connectivity index (χ4n) is 3.82. The number of aliphatic carboxylic acids is 1. The molecule has 2 aliphatic heterocycles. The molecule has 1 aromatic heterocycles. The highest BCUT2D eigenvalue weighted by Crippen LogP contribution is 2.50. The average molecular weight is 435 g/mol. The maximum atomic E-state index is 13.0. The van der Waals surface area contributed by atoms with Gasteiger partial charge < -0.3 is 24.6 Å². The van der Waals surface area contributed by atoms with Gasteiger partial charge in [-0.15, -0.1) is 11.8 Å². The minimum atomic E-state index is -1.31. The minimum absolute atomic E-state index is 0.183. The Morgan fingerprint density at radius 1 is 1.34 bits per heavy atom. The number of carbonyl (C=O) groups excluding carboxylic acids is 3. The number of hydrogen-bond acceptors (Lipinski definition) is 7. The third-order valence-electron chi connectivity index (χ3n) is 5.17. The topological polar surface area (TPSA) is 116 Å². The summed E-state index contributed by atoms with van der Waals surface area (Å²) in [6, 6.07) is 5.02. The monoisotopic (exact) mass is 434 g/mol. The van der Waals surface area contributed by atoms with Crippen LogP contribution in [-0.2, 0) is 9.59 Å². The number of amides is 2. The Morgan fingerprint density at radius 3 is 2.69 bits per heavy atom. The van der Waals surface area contributed by atoms with Gasteiger partial charge in [0.1, 0.15) is 28.4 Å². The summed E-state index contributed by atoms with van der Waals surface area (Å²) >= 11 is 7.54. The molecule has 0 spiro atoms. The van der Waals surface area contributed by atoms with Crippen molar-refractivity contribution in [2.24, 2.45) is 0 Å². The number of aryl methyl sites for hydroxylation is 1. The summed E-state index contributed by atoms with van der Waals surface area (Å²) in [4.78, 5) is 38.3.